The predicted octanol–water partition coefficient (Wildman–Crippen LogP) is 2.04. The molecule has 0 N–H and O–H groups in total. The van der Waals surface area contributed by atoms with Crippen molar-refractivity contribution >= 4 is 5.91 Å². The van der Waals surface area contributed by atoms with E-state index in [2.05, 4.69) is 4.98 Å². The van der Waals surface area contributed by atoms with E-state index in [9.17, 15) is 4.79 Å². The Kier molecular flexibility index (Phi) is 3.29. The Morgan fingerprint density at radius 2 is 2.05 bits per heavy atom. The van der Waals surface area contributed by atoms with Crippen LogP contribution in [0.4, 0.5) is 0 Å². The van der Waals surface area contributed by atoms with Crippen molar-refractivity contribution in [3.63, 3.8) is 0 Å². The first-order valence-electron chi connectivity index (χ1n) is 6.39. The van der Waals surface area contributed by atoms with Gasteiger partial charge in [0.25, 0.3) is 5.91 Å². The molecule has 0 bridgehead atoms. The summed E-state index contributed by atoms with van der Waals surface area (Å²) in [7, 11) is 0. The molecule has 0 atom stereocenters. The van der Waals surface area contributed by atoms with Crippen LogP contribution in [0, 0.1) is 0 Å². The number of carbonyl (C=O) groups excluding carboxylic acids is 1. The van der Waals surface area contributed by atoms with Crippen molar-refractivity contribution < 1.29 is 9.63 Å². The molecule has 0 saturated carbocycles. The minimum atomic E-state index is -0.138. The van der Waals surface area contributed by atoms with Gasteiger partial charge in [0.1, 0.15) is 5.69 Å². The zero-order valence-electron chi connectivity index (χ0n) is 10.5. The molecule has 1 aromatic carbocycles. The van der Waals surface area contributed by atoms with Crippen molar-refractivity contribution in [2.24, 2.45) is 0 Å². The molecule has 1 aliphatic rings. The van der Waals surface area contributed by atoms with Crippen LogP contribution in [0.3, 0.4) is 0 Å². The lowest BCUT2D eigenvalue weighted by Crippen LogP contribution is -2.36. The van der Waals surface area contributed by atoms with Gasteiger partial charge in [-0.3, -0.25) is 14.2 Å². The summed E-state index contributed by atoms with van der Waals surface area (Å²) in [6.07, 6.45) is 5.20. The molecule has 0 aliphatic carbocycles. The number of hydrogen-bond donors (Lipinski definition) is 0. The Labute approximate surface area is 111 Å². The minimum absolute atomic E-state index is 0.138. The predicted molar refractivity (Wildman–Crippen MR) is 69.8 cm³/mol. The highest BCUT2D eigenvalue weighted by atomic mass is 16.7. The van der Waals surface area contributed by atoms with E-state index in [-0.39, 0.29) is 5.91 Å². The fourth-order valence-corrected chi connectivity index (χ4v) is 2.13. The highest BCUT2D eigenvalue weighted by molar-refractivity contribution is 5.92. The van der Waals surface area contributed by atoms with E-state index in [1.807, 2.05) is 30.3 Å². The van der Waals surface area contributed by atoms with Crippen molar-refractivity contribution in [2.45, 2.75) is 12.8 Å². The summed E-state index contributed by atoms with van der Waals surface area (Å²) in [5.74, 6) is -0.138. The molecular formula is C14H15N3O2. The van der Waals surface area contributed by atoms with Gasteiger partial charge >= 0.3 is 0 Å². The molecule has 1 fully saturated rings. The Balaban J connectivity index is 1.89. The molecule has 5 nitrogen and oxygen atoms in total. The zero-order valence-corrected chi connectivity index (χ0v) is 10.5. The Morgan fingerprint density at radius 3 is 2.79 bits per heavy atom. The molecule has 2 heterocycles. The van der Waals surface area contributed by atoms with E-state index < -0.39 is 0 Å². The normalized spacial score (nSPS) is 15.5. The third kappa shape index (κ3) is 2.37. The van der Waals surface area contributed by atoms with E-state index in [0.717, 1.165) is 18.5 Å². The van der Waals surface area contributed by atoms with Gasteiger partial charge in [0.05, 0.1) is 19.1 Å². The fraction of sp³-hybridized carbons (Fsp3) is 0.286. The van der Waals surface area contributed by atoms with E-state index in [1.54, 1.807) is 17.1 Å². The van der Waals surface area contributed by atoms with Crippen molar-refractivity contribution in [1.82, 2.24) is 14.6 Å². The van der Waals surface area contributed by atoms with Gasteiger partial charge in [0, 0.05) is 12.2 Å². The van der Waals surface area contributed by atoms with Crippen LogP contribution in [0.25, 0.3) is 5.69 Å². The summed E-state index contributed by atoms with van der Waals surface area (Å²) in [6.45, 7) is 1.24. The van der Waals surface area contributed by atoms with Crippen LogP contribution in [0.1, 0.15) is 23.3 Å². The molecule has 1 aromatic heterocycles. The molecule has 0 unspecified atom stereocenters. The van der Waals surface area contributed by atoms with E-state index >= 15 is 0 Å². The molecule has 1 saturated heterocycles. The highest BCUT2D eigenvalue weighted by Crippen LogP contribution is 2.15. The van der Waals surface area contributed by atoms with Crippen LogP contribution in [0.2, 0.25) is 0 Å². The molecular weight excluding hydrogens is 242 g/mol. The third-order valence-corrected chi connectivity index (χ3v) is 3.12. The van der Waals surface area contributed by atoms with Crippen LogP contribution in [-0.4, -0.2) is 33.7 Å². The monoisotopic (exact) mass is 257 g/mol. The third-order valence-electron chi connectivity index (χ3n) is 3.12. The lowest BCUT2D eigenvalue weighted by molar-refractivity contribution is -0.144. The van der Waals surface area contributed by atoms with E-state index in [1.165, 1.54) is 5.06 Å². The van der Waals surface area contributed by atoms with E-state index in [0.29, 0.717) is 18.8 Å². The molecule has 98 valence electrons. The average Bonchev–Trinajstić information content (AvgIpc) is 2.98. The number of benzene rings is 1. The number of amides is 1. The van der Waals surface area contributed by atoms with Crippen molar-refractivity contribution in [3.8, 4) is 5.69 Å². The van der Waals surface area contributed by atoms with Gasteiger partial charge in [-0.2, -0.15) is 0 Å². The van der Waals surface area contributed by atoms with Crippen LogP contribution < -0.4 is 0 Å². The summed E-state index contributed by atoms with van der Waals surface area (Å²) in [4.78, 5) is 21.9. The molecule has 1 aliphatic heterocycles. The number of rotatable bonds is 2. The summed E-state index contributed by atoms with van der Waals surface area (Å²) in [5, 5.41) is 1.43. The summed E-state index contributed by atoms with van der Waals surface area (Å²) < 4.78 is 1.78. The maximum atomic E-state index is 12.4. The fourth-order valence-electron chi connectivity index (χ4n) is 2.13. The average molecular weight is 257 g/mol. The number of hydrogen-bond acceptors (Lipinski definition) is 3. The Bertz CT molecular complexity index is 559. The topological polar surface area (TPSA) is 47.4 Å². The molecule has 0 spiro atoms. The maximum absolute atomic E-state index is 12.4. The molecule has 1 amide bonds. The summed E-state index contributed by atoms with van der Waals surface area (Å²) in [6, 6.07) is 9.68. The minimum Gasteiger partial charge on any atom is -0.295 e. The van der Waals surface area contributed by atoms with Gasteiger partial charge in [-0.1, -0.05) is 18.2 Å². The van der Waals surface area contributed by atoms with Gasteiger partial charge in [0.15, 0.2) is 0 Å². The quantitative estimate of drug-likeness (QED) is 0.827. The van der Waals surface area contributed by atoms with Crippen molar-refractivity contribution in [3.05, 3.63) is 48.5 Å². The second-order valence-corrected chi connectivity index (χ2v) is 4.43. The SMILES string of the molecule is O=C(c1cncn1-c1ccccc1)N1CCCCO1. The standard InChI is InChI=1S/C14H15N3O2/c18-14(17-8-4-5-9-19-17)13-10-15-11-16(13)12-6-2-1-3-7-12/h1-3,6-7,10-11H,4-5,8-9H2. The first-order valence-corrected chi connectivity index (χ1v) is 6.39. The van der Waals surface area contributed by atoms with Crippen molar-refractivity contribution in [1.29, 1.82) is 0 Å². The highest BCUT2D eigenvalue weighted by Gasteiger charge is 2.22. The molecule has 5 heteroatoms. The lowest BCUT2D eigenvalue weighted by Gasteiger charge is -2.25. The van der Waals surface area contributed by atoms with Crippen LogP contribution in [-0.2, 0) is 4.84 Å². The summed E-state index contributed by atoms with van der Waals surface area (Å²) in [5.41, 5.74) is 1.44. The van der Waals surface area contributed by atoms with Crippen LogP contribution in [0.5, 0.6) is 0 Å². The largest absolute Gasteiger partial charge is 0.296 e. The first kappa shape index (κ1) is 11.9. The smallest absolute Gasteiger partial charge is 0.295 e. The van der Waals surface area contributed by atoms with Gasteiger partial charge in [-0.15, -0.1) is 0 Å². The maximum Gasteiger partial charge on any atom is 0.296 e. The van der Waals surface area contributed by atoms with Gasteiger partial charge in [-0.25, -0.2) is 10.0 Å². The number of nitrogens with zero attached hydrogens (tertiary/aromatic N) is 3. The van der Waals surface area contributed by atoms with Crippen molar-refractivity contribution in [2.75, 3.05) is 13.2 Å². The zero-order chi connectivity index (χ0) is 13.1. The Morgan fingerprint density at radius 1 is 1.21 bits per heavy atom. The number of para-hydroxylation sites is 1. The molecule has 19 heavy (non-hydrogen) atoms. The van der Waals surface area contributed by atoms with Gasteiger partial charge < -0.3 is 0 Å². The number of hydroxylamine groups is 2. The second kappa shape index (κ2) is 5.24. The molecule has 2 aromatic rings. The van der Waals surface area contributed by atoms with Crippen LogP contribution in [0.15, 0.2) is 42.9 Å². The molecule has 3 rings (SSSR count). The van der Waals surface area contributed by atoms with Gasteiger partial charge in [-0.05, 0) is 25.0 Å². The Hall–Kier alpha value is -2.14. The number of aromatic nitrogens is 2. The van der Waals surface area contributed by atoms with E-state index in [4.69, 9.17) is 4.84 Å². The lowest BCUT2D eigenvalue weighted by atomic mass is 10.2. The number of imidazole rings is 1. The molecule has 0 radical (unpaired) electrons. The number of carbonyl (C=O) groups is 1. The second-order valence-electron chi connectivity index (χ2n) is 4.43. The first-order chi connectivity index (χ1) is 9.36. The van der Waals surface area contributed by atoms with Gasteiger partial charge in [0.2, 0.25) is 0 Å². The van der Waals surface area contributed by atoms with Crippen LogP contribution >= 0.6 is 0 Å². The summed E-state index contributed by atoms with van der Waals surface area (Å²) >= 11 is 0.